The van der Waals surface area contributed by atoms with E-state index in [4.69, 9.17) is 20.9 Å². The van der Waals surface area contributed by atoms with Crippen LogP contribution in [0.4, 0.5) is 15.9 Å². The van der Waals surface area contributed by atoms with Crippen LogP contribution in [0.5, 0.6) is 11.5 Å². The average molecular weight is 394 g/mol. The maximum absolute atomic E-state index is 14.3. The van der Waals surface area contributed by atoms with E-state index in [9.17, 15) is 4.39 Å². The maximum Gasteiger partial charge on any atom is 0.231 e. The SMILES string of the molecule is NC(N)=Nc1nc(Cc2ccc3c(c2)OCO3)nc2cc(F)cc(NC3CC3)c12. The Morgan fingerprint density at radius 2 is 1.97 bits per heavy atom. The Morgan fingerprint density at radius 3 is 2.76 bits per heavy atom. The van der Waals surface area contributed by atoms with Crippen LogP contribution in [0.15, 0.2) is 35.3 Å². The van der Waals surface area contributed by atoms with Gasteiger partial charge in [-0.25, -0.2) is 14.4 Å². The number of rotatable bonds is 5. The number of hydrogen-bond donors (Lipinski definition) is 3. The van der Waals surface area contributed by atoms with Crippen LogP contribution in [0.25, 0.3) is 10.9 Å². The Bertz CT molecular complexity index is 1140. The van der Waals surface area contributed by atoms with E-state index in [0.29, 0.717) is 52.2 Å². The number of aliphatic imine (C=N–C) groups is 1. The Kier molecular flexibility index (Phi) is 4.08. The average Bonchev–Trinajstić information content (AvgIpc) is 3.34. The number of ether oxygens (including phenoxy) is 2. The van der Waals surface area contributed by atoms with Crippen LogP contribution < -0.4 is 26.3 Å². The van der Waals surface area contributed by atoms with Crippen molar-refractivity contribution in [1.29, 1.82) is 0 Å². The Balaban J connectivity index is 1.60. The van der Waals surface area contributed by atoms with Crippen LogP contribution in [-0.2, 0) is 6.42 Å². The highest BCUT2D eigenvalue weighted by molar-refractivity contribution is 6.00. The quantitative estimate of drug-likeness (QED) is 0.449. The molecule has 29 heavy (non-hydrogen) atoms. The van der Waals surface area contributed by atoms with Gasteiger partial charge in [0, 0.05) is 18.5 Å². The molecule has 9 heteroatoms. The Hall–Kier alpha value is -3.62. The summed E-state index contributed by atoms with van der Waals surface area (Å²) in [4.78, 5) is 13.3. The van der Waals surface area contributed by atoms with E-state index >= 15 is 0 Å². The van der Waals surface area contributed by atoms with E-state index in [0.717, 1.165) is 18.4 Å². The number of halogens is 1. The first-order valence-electron chi connectivity index (χ1n) is 9.30. The van der Waals surface area contributed by atoms with Crippen LogP contribution in [0.1, 0.15) is 24.2 Å². The highest BCUT2D eigenvalue weighted by Gasteiger charge is 2.24. The molecular formula is C20H19FN6O2. The molecule has 3 aromatic rings. The van der Waals surface area contributed by atoms with Gasteiger partial charge in [0.1, 0.15) is 11.6 Å². The molecule has 0 bridgehead atoms. The monoisotopic (exact) mass is 394 g/mol. The summed E-state index contributed by atoms with van der Waals surface area (Å²) < 4.78 is 25.0. The Morgan fingerprint density at radius 1 is 1.14 bits per heavy atom. The second kappa shape index (κ2) is 6.77. The zero-order valence-electron chi connectivity index (χ0n) is 15.5. The topological polar surface area (TPSA) is 121 Å². The van der Waals surface area contributed by atoms with Crippen LogP contribution in [0.2, 0.25) is 0 Å². The fraction of sp³-hybridized carbons (Fsp3) is 0.250. The van der Waals surface area contributed by atoms with Crippen LogP contribution in [-0.4, -0.2) is 28.8 Å². The van der Waals surface area contributed by atoms with Gasteiger partial charge in [-0.2, -0.15) is 4.99 Å². The number of nitrogens with zero attached hydrogens (tertiary/aromatic N) is 3. The fourth-order valence-corrected chi connectivity index (χ4v) is 3.33. The third-order valence-electron chi connectivity index (χ3n) is 4.76. The molecule has 1 aliphatic heterocycles. The van der Waals surface area contributed by atoms with Crippen LogP contribution in [0.3, 0.4) is 0 Å². The highest BCUT2D eigenvalue weighted by Crippen LogP contribution is 2.36. The summed E-state index contributed by atoms with van der Waals surface area (Å²) in [6, 6.07) is 8.74. The third kappa shape index (κ3) is 3.58. The summed E-state index contributed by atoms with van der Waals surface area (Å²) in [5.74, 6) is 1.65. The highest BCUT2D eigenvalue weighted by atomic mass is 19.1. The minimum atomic E-state index is -0.385. The molecule has 2 aromatic carbocycles. The first kappa shape index (κ1) is 17.5. The van der Waals surface area contributed by atoms with Crippen molar-refractivity contribution in [3.05, 3.63) is 47.5 Å². The molecule has 0 spiro atoms. The fourth-order valence-electron chi connectivity index (χ4n) is 3.33. The van der Waals surface area contributed by atoms with E-state index in [1.54, 1.807) is 0 Å². The summed E-state index contributed by atoms with van der Waals surface area (Å²) in [5.41, 5.74) is 13.2. The smallest absolute Gasteiger partial charge is 0.231 e. The van der Waals surface area contributed by atoms with Crippen molar-refractivity contribution in [2.75, 3.05) is 12.1 Å². The van der Waals surface area contributed by atoms with Crippen molar-refractivity contribution in [3.63, 3.8) is 0 Å². The molecule has 0 saturated heterocycles. The number of nitrogens with one attached hydrogen (secondary N) is 1. The van der Waals surface area contributed by atoms with E-state index in [2.05, 4.69) is 20.3 Å². The van der Waals surface area contributed by atoms with Gasteiger partial charge in [-0.05, 0) is 36.6 Å². The summed E-state index contributed by atoms with van der Waals surface area (Å²) in [7, 11) is 0. The van der Waals surface area contributed by atoms with Crippen molar-refractivity contribution < 1.29 is 13.9 Å². The van der Waals surface area contributed by atoms with Gasteiger partial charge in [0.25, 0.3) is 0 Å². The van der Waals surface area contributed by atoms with Gasteiger partial charge in [-0.15, -0.1) is 0 Å². The molecule has 1 fully saturated rings. The van der Waals surface area contributed by atoms with Crippen molar-refractivity contribution in [3.8, 4) is 11.5 Å². The van der Waals surface area contributed by atoms with Gasteiger partial charge in [-0.3, -0.25) is 0 Å². The molecular weight excluding hydrogens is 375 g/mol. The summed E-state index contributed by atoms with van der Waals surface area (Å²) >= 11 is 0. The second-order valence-electron chi connectivity index (χ2n) is 7.13. The van der Waals surface area contributed by atoms with E-state index < -0.39 is 0 Å². The number of aromatic nitrogens is 2. The summed E-state index contributed by atoms with van der Waals surface area (Å²) in [6.45, 7) is 0.204. The normalized spacial score (nSPS) is 14.8. The zero-order valence-corrected chi connectivity index (χ0v) is 15.5. The molecule has 1 aromatic heterocycles. The lowest BCUT2D eigenvalue weighted by molar-refractivity contribution is 0.174. The molecule has 0 unspecified atom stereocenters. The molecule has 2 heterocycles. The van der Waals surface area contributed by atoms with Crippen molar-refractivity contribution >= 4 is 28.4 Å². The van der Waals surface area contributed by atoms with Gasteiger partial charge in [-0.1, -0.05) is 6.07 Å². The minimum absolute atomic E-state index is 0.124. The van der Waals surface area contributed by atoms with Crippen molar-refractivity contribution in [2.24, 2.45) is 16.5 Å². The van der Waals surface area contributed by atoms with Gasteiger partial charge in [0.15, 0.2) is 23.3 Å². The first-order chi connectivity index (χ1) is 14.0. The molecule has 1 aliphatic carbocycles. The van der Waals surface area contributed by atoms with Gasteiger partial charge in [0.2, 0.25) is 6.79 Å². The molecule has 0 amide bonds. The predicted octanol–water partition coefficient (Wildman–Crippen LogP) is 2.57. The Labute approximate surface area is 165 Å². The van der Waals surface area contributed by atoms with Crippen molar-refractivity contribution in [1.82, 2.24) is 9.97 Å². The standard InChI is InChI=1S/C20H19FN6O2/c21-11-7-13(24-12-2-3-12)18-14(8-11)25-17(26-19(18)27-20(22)23)6-10-1-4-15-16(5-10)29-9-28-15/h1,4-5,7-8,12,24H,2-3,6,9H2,(H4,22,23,25,26,27). The second-order valence-corrected chi connectivity index (χ2v) is 7.13. The number of nitrogens with two attached hydrogens (primary N) is 2. The van der Waals surface area contributed by atoms with Gasteiger partial charge in [0.05, 0.1) is 16.6 Å². The van der Waals surface area contributed by atoms with Crippen LogP contribution in [0, 0.1) is 5.82 Å². The largest absolute Gasteiger partial charge is 0.454 e. The lowest BCUT2D eigenvalue weighted by Crippen LogP contribution is -2.22. The molecule has 8 nitrogen and oxygen atoms in total. The van der Waals surface area contributed by atoms with Gasteiger partial charge >= 0.3 is 0 Å². The molecule has 5 N–H and O–H groups in total. The number of guanidine groups is 1. The van der Waals surface area contributed by atoms with Crippen LogP contribution >= 0.6 is 0 Å². The van der Waals surface area contributed by atoms with E-state index in [-0.39, 0.29) is 18.6 Å². The molecule has 0 radical (unpaired) electrons. The summed E-state index contributed by atoms with van der Waals surface area (Å²) in [6.07, 6.45) is 2.48. The van der Waals surface area contributed by atoms with Gasteiger partial charge < -0.3 is 26.3 Å². The van der Waals surface area contributed by atoms with E-state index in [1.165, 1.54) is 12.1 Å². The molecule has 148 valence electrons. The number of hydrogen-bond acceptors (Lipinski definition) is 6. The van der Waals surface area contributed by atoms with Crippen molar-refractivity contribution in [2.45, 2.75) is 25.3 Å². The lowest BCUT2D eigenvalue weighted by Gasteiger charge is -2.12. The number of fused-ring (bicyclic) bond motifs is 2. The molecule has 1 saturated carbocycles. The predicted molar refractivity (Wildman–Crippen MR) is 107 cm³/mol. The first-order valence-corrected chi connectivity index (χ1v) is 9.30. The molecule has 0 atom stereocenters. The third-order valence-corrected chi connectivity index (χ3v) is 4.76. The maximum atomic E-state index is 14.3. The number of anilines is 1. The molecule has 5 rings (SSSR count). The summed E-state index contributed by atoms with van der Waals surface area (Å²) in [5, 5.41) is 3.91. The lowest BCUT2D eigenvalue weighted by atomic mass is 10.1. The number of benzene rings is 2. The molecule has 2 aliphatic rings. The van der Waals surface area contributed by atoms with E-state index in [1.807, 2.05) is 18.2 Å². The zero-order chi connectivity index (χ0) is 20.0. The minimum Gasteiger partial charge on any atom is -0.454 e.